The van der Waals surface area contributed by atoms with Crippen molar-refractivity contribution >= 4 is 17.3 Å². The normalized spacial score (nSPS) is 9.56. The van der Waals surface area contributed by atoms with Crippen molar-refractivity contribution in [3.05, 3.63) is 36.4 Å². The maximum absolute atomic E-state index is 11.5. The molecule has 0 aromatic heterocycles. The van der Waals surface area contributed by atoms with Gasteiger partial charge in [0.05, 0.1) is 11.4 Å². The monoisotopic (exact) mass is 219 g/mol. The molecule has 16 heavy (non-hydrogen) atoms. The smallest absolute Gasteiger partial charge is 0.251 e. The third kappa shape index (κ3) is 3.02. The fourth-order valence-corrected chi connectivity index (χ4v) is 1.31. The average Bonchev–Trinajstić information content (AvgIpc) is 2.27. The first kappa shape index (κ1) is 12.1. The molecule has 4 nitrogen and oxygen atoms in total. The number of anilines is 2. The number of nitrogen functional groups attached to an aromatic ring is 1. The molecule has 1 aromatic rings. The van der Waals surface area contributed by atoms with Crippen LogP contribution in [0.15, 0.2) is 30.9 Å². The number of carbonyl (C=O) groups is 1. The number of benzene rings is 1. The van der Waals surface area contributed by atoms with Gasteiger partial charge in [0.25, 0.3) is 5.91 Å². The average molecular weight is 219 g/mol. The van der Waals surface area contributed by atoms with E-state index in [0.29, 0.717) is 24.3 Å². The lowest BCUT2D eigenvalue weighted by atomic mass is 10.1. The predicted octanol–water partition coefficient (Wildman–Crippen LogP) is 1.62. The van der Waals surface area contributed by atoms with Crippen LogP contribution in [0.25, 0.3) is 0 Å². The molecule has 4 heteroatoms. The number of amides is 1. The second kappa shape index (κ2) is 5.80. The molecule has 1 amide bonds. The van der Waals surface area contributed by atoms with Crippen LogP contribution < -0.4 is 16.4 Å². The molecule has 0 heterocycles. The molecule has 0 aliphatic rings. The molecule has 0 bridgehead atoms. The van der Waals surface area contributed by atoms with Crippen molar-refractivity contribution in [1.82, 2.24) is 5.32 Å². The van der Waals surface area contributed by atoms with Gasteiger partial charge in [-0.05, 0) is 25.1 Å². The SMILES string of the molecule is C=CCNc1ccc(C(=O)NCC)cc1N. The lowest BCUT2D eigenvalue weighted by molar-refractivity contribution is 0.0956. The zero-order valence-corrected chi connectivity index (χ0v) is 9.42. The van der Waals surface area contributed by atoms with Crippen molar-refractivity contribution < 1.29 is 4.79 Å². The Kier molecular flexibility index (Phi) is 4.39. The molecule has 0 fully saturated rings. The minimum atomic E-state index is -0.107. The summed E-state index contributed by atoms with van der Waals surface area (Å²) in [7, 11) is 0. The first-order valence-corrected chi connectivity index (χ1v) is 5.21. The minimum Gasteiger partial charge on any atom is -0.397 e. The van der Waals surface area contributed by atoms with Crippen molar-refractivity contribution in [2.24, 2.45) is 0 Å². The highest BCUT2D eigenvalue weighted by atomic mass is 16.1. The molecule has 1 rings (SSSR count). The van der Waals surface area contributed by atoms with E-state index in [2.05, 4.69) is 17.2 Å². The highest BCUT2D eigenvalue weighted by molar-refractivity contribution is 5.96. The largest absolute Gasteiger partial charge is 0.397 e. The van der Waals surface area contributed by atoms with Gasteiger partial charge in [-0.3, -0.25) is 4.79 Å². The highest BCUT2D eigenvalue weighted by Crippen LogP contribution is 2.19. The first-order chi connectivity index (χ1) is 7.69. The second-order valence-corrected chi connectivity index (χ2v) is 3.33. The standard InChI is InChI=1S/C12H17N3O/c1-3-7-15-11-6-5-9(8-10(11)13)12(16)14-4-2/h3,5-6,8,15H,1,4,7,13H2,2H3,(H,14,16). The van der Waals surface area contributed by atoms with Crippen LogP contribution in [0.3, 0.4) is 0 Å². The Labute approximate surface area is 95.5 Å². The second-order valence-electron chi connectivity index (χ2n) is 3.33. The number of carbonyl (C=O) groups excluding carboxylic acids is 1. The number of nitrogens with two attached hydrogens (primary N) is 1. The Hall–Kier alpha value is -1.97. The zero-order valence-electron chi connectivity index (χ0n) is 9.42. The molecule has 0 unspecified atom stereocenters. The summed E-state index contributed by atoms with van der Waals surface area (Å²) in [5.74, 6) is -0.107. The quantitative estimate of drug-likeness (QED) is 0.520. The van der Waals surface area contributed by atoms with Crippen LogP contribution >= 0.6 is 0 Å². The molecule has 4 N–H and O–H groups in total. The number of rotatable bonds is 5. The minimum absolute atomic E-state index is 0.107. The lowest BCUT2D eigenvalue weighted by Gasteiger charge is -2.09. The van der Waals surface area contributed by atoms with Gasteiger partial charge in [0.1, 0.15) is 0 Å². The Balaban J connectivity index is 2.81. The van der Waals surface area contributed by atoms with E-state index in [4.69, 9.17) is 5.73 Å². The van der Waals surface area contributed by atoms with Crippen molar-refractivity contribution in [3.8, 4) is 0 Å². The maximum atomic E-state index is 11.5. The number of hydrogen-bond acceptors (Lipinski definition) is 3. The van der Waals surface area contributed by atoms with E-state index in [1.807, 2.05) is 6.92 Å². The van der Waals surface area contributed by atoms with Gasteiger partial charge >= 0.3 is 0 Å². The van der Waals surface area contributed by atoms with E-state index in [9.17, 15) is 4.79 Å². The van der Waals surface area contributed by atoms with Gasteiger partial charge in [0.15, 0.2) is 0 Å². The van der Waals surface area contributed by atoms with Crippen LogP contribution in [-0.2, 0) is 0 Å². The lowest BCUT2D eigenvalue weighted by Crippen LogP contribution is -2.22. The Morgan fingerprint density at radius 3 is 2.88 bits per heavy atom. The van der Waals surface area contributed by atoms with Gasteiger partial charge < -0.3 is 16.4 Å². The summed E-state index contributed by atoms with van der Waals surface area (Å²) in [5, 5.41) is 5.81. The first-order valence-electron chi connectivity index (χ1n) is 5.21. The predicted molar refractivity (Wildman–Crippen MR) is 67.5 cm³/mol. The third-order valence-electron chi connectivity index (χ3n) is 2.09. The van der Waals surface area contributed by atoms with Crippen molar-refractivity contribution in [2.75, 3.05) is 24.1 Å². The van der Waals surface area contributed by atoms with Crippen LogP contribution in [0, 0.1) is 0 Å². The summed E-state index contributed by atoms with van der Waals surface area (Å²) in [6.07, 6.45) is 1.75. The third-order valence-corrected chi connectivity index (χ3v) is 2.09. The van der Waals surface area contributed by atoms with Gasteiger partial charge in [-0.2, -0.15) is 0 Å². The van der Waals surface area contributed by atoms with E-state index in [0.717, 1.165) is 5.69 Å². The highest BCUT2D eigenvalue weighted by Gasteiger charge is 2.06. The number of nitrogens with one attached hydrogen (secondary N) is 2. The molecular weight excluding hydrogens is 202 g/mol. The molecule has 0 spiro atoms. The van der Waals surface area contributed by atoms with Gasteiger partial charge in [-0.15, -0.1) is 6.58 Å². The van der Waals surface area contributed by atoms with E-state index in [-0.39, 0.29) is 5.91 Å². The molecule has 0 saturated heterocycles. The topological polar surface area (TPSA) is 67.2 Å². The Morgan fingerprint density at radius 2 is 2.31 bits per heavy atom. The van der Waals surface area contributed by atoms with E-state index in [1.54, 1.807) is 24.3 Å². The molecular formula is C12H17N3O. The van der Waals surface area contributed by atoms with E-state index in [1.165, 1.54) is 0 Å². The maximum Gasteiger partial charge on any atom is 0.251 e. The summed E-state index contributed by atoms with van der Waals surface area (Å²) in [4.78, 5) is 11.5. The van der Waals surface area contributed by atoms with Gasteiger partial charge in [-0.25, -0.2) is 0 Å². The van der Waals surface area contributed by atoms with Gasteiger partial charge in [-0.1, -0.05) is 6.08 Å². The van der Waals surface area contributed by atoms with Gasteiger partial charge in [0.2, 0.25) is 0 Å². The summed E-state index contributed by atoms with van der Waals surface area (Å²) >= 11 is 0. The molecule has 0 aliphatic carbocycles. The van der Waals surface area contributed by atoms with Crippen molar-refractivity contribution in [1.29, 1.82) is 0 Å². The van der Waals surface area contributed by atoms with Crippen LogP contribution in [0.2, 0.25) is 0 Å². The molecule has 0 aliphatic heterocycles. The van der Waals surface area contributed by atoms with Crippen molar-refractivity contribution in [3.63, 3.8) is 0 Å². The summed E-state index contributed by atoms with van der Waals surface area (Å²) in [6.45, 7) is 6.73. The summed E-state index contributed by atoms with van der Waals surface area (Å²) < 4.78 is 0. The zero-order chi connectivity index (χ0) is 12.0. The fraction of sp³-hybridized carbons (Fsp3) is 0.250. The Morgan fingerprint density at radius 1 is 1.56 bits per heavy atom. The van der Waals surface area contributed by atoms with E-state index < -0.39 is 0 Å². The van der Waals surface area contributed by atoms with Gasteiger partial charge in [0, 0.05) is 18.7 Å². The number of hydrogen-bond donors (Lipinski definition) is 3. The molecule has 1 aromatic carbocycles. The van der Waals surface area contributed by atoms with Crippen LogP contribution in [0.5, 0.6) is 0 Å². The van der Waals surface area contributed by atoms with Crippen molar-refractivity contribution in [2.45, 2.75) is 6.92 Å². The van der Waals surface area contributed by atoms with Crippen LogP contribution in [0.4, 0.5) is 11.4 Å². The Bertz CT molecular complexity index is 388. The molecule has 0 radical (unpaired) electrons. The molecule has 86 valence electrons. The van der Waals surface area contributed by atoms with Crippen LogP contribution in [-0.4, -0.2) is 19.0 Å². The fourth-order valence-electron chi connectivity index (χ4n) is 1.31. The summed E-state index contributed by atoms with van der Waals surface area (Å²) in [6, 6.07) is 5.20. The summed E-state index contributed by atoms with van der Waals surface area (Å²) in [5.41, 5.74) is 7.77. The molecule has 0 saturated carbocycles. The molecule has 0 atom stereocenters. The van der Waals surface area contributed by atoms with E-state index >= 15 is 0 Å². The van der Waals surface area contributed by atoms with Crippen LogP contribution in [0.1, 0.15) is 17.3 Å².